The van der Waals surface area contributed by atoms with Crippen molar-refractivity contribution in [2.75, 3.05) is 5.32 Å². The standard InChI is InChI=1S/C25H30ClN3O3S/c1-13-12-27-24(33-13)28-22(31)6-4-15-10-21(29-32)25(2)8-7-16-17(23(15)25)5-3-14-9-20(30)19(26)11-18(14)16/h9,11-12,15-17,23,30,32H,3-8,10H2,1-2H3,(H,27,28,31)/b29-21+/t15-,16?,17?,23?,25-/m1/s1. The van der Waals surface area contributed by atoms with Crippen LogP contribution in [-0.2, 0) is 11.2 Å². The Morgan fingerprint density at radius 3 is 2.94 bits per heavy atom. The lowest BCUT2D eigenvalue weighted by Crippen LogP contribution is -2.44. The first kappa shape index (κ1) is 22.7. The number of hydrogen-bond acceptors (Lipinski definition) is 6. The minimum atomic E-state index is -0.137. The van der Waals surface area contributed by atoms with Gasteiger partial charge in [0.05, 0.1) is 10.7 Å². The third-order valence-electron chi connectivity index (χ3n) is 8.40. The van der Waals surface area contributed by atoms with E-state index in [0.717, 1.165) is 49.1 Å². The van der Waals surface area contributed by atoms with E-state index in [1.165, 1.54) is 22.5 Å². The summed E-state index contributed by atoms with van der Waals surface area (Å²) in [7, 11) is 0. The Balaban J connectivity index is 1.37. The molecule has 2 saturated carbocycles. The van der Waals surface area contributed by atoms with Gasteiger partial charge in [-0.2, -0.15) is 0 Å². The van der Waals surface area contributed by atoms with Gasteiger partial charge in [0.15, 0.2) is 5.13 Å². The fraction of sp³-hybridized carbons (Fsp3) is 0.560. The monoisotopic (exact) mass is 487 g/mol. The highest BCUT2D eigenvalue weighted by atomic mass is 35.5. The van der Waals surface area contributed by atoms with Gasteiger partial charge in [0, 0.05) is 22.9 Å². The highest BCUT2D eigenvalue weighted by molar-refractivity contribution is 7.15. The van der Waals surface area contributed by atoms with Gasteiger partial charge in [-0.3, -0.25) is 4.79 Å². The van der Waals surface area contributed by atoms with Crippen molar-refractivity contribution in [1.82, 2.24) is 4.98 Å². The van der Waals surface area contributed by atoms with Crippen molar-refractivity contribution in [3.05, 3.63) is 39.4 Å². The van der Waals surface area contributed by atoms with E-state index in [-0.39, 0.29) is 17.1 Å². The number of aromatic hydroxyl groups is 1. The predicted molar refractivity (Wildman–Crippen MR) is 131 cm³/mol. The van der Waals surface area contributed by atoms with E-state index < -0.39 is 0 Å². The molecule has 5 rings (SSSR count). The second kappa shape index (κ2) is 8.58. The number of hydrogen-bond donors (Lipinski definition) is 3. The van der Waals surface area contributed by atoms with Gasteiger partial charge >= 0.3 is 0 Å². The molecule has 176 valence electrons. The van der Waals surface area contributed by atoms with Gasteiger partial charge in [-0.25, -0.2) is 4.98 Å². The number of thiazole rings is 1. The highest BCUT2D eigenvalue weighted by Gasteiger charge is 2.57. The number of nitrogens with one attached hydrogen (secondary N) is 1. The molecule has 0 spiro atoms. The molecule has 3 unspecified atom stereocenters. The quantitative estimate of drug-likeness (QED) is 0.356. The molecule has 1 aromatic carbocycles. The van der Waals surface area contributed by atoms with Gasteiger partial charge in [0.25, 0.3) is 0 Å². The largest absolute Gasteiger partial charge is 0.506 e. The van der Waals surface area contributed by atoms with Crippen LogP contribution in [0.5, 0.6) is 5.75 Å². The van der Waals surface area contributed by atoms with E-state index >= 15 is 0 Å². The first-order valence-corrected chi connectivity index (χ1v) is 12.9. The average Bonchev–Trinajstić information content (AvgIpc) is 3.32. The lowest BCUT2D eigenvalue weighted by Gasteiger charge is -2.50. The summed E-state index contributed by atoms with van der Waals surface area (Å²) in [6.07, 6.45) is 7.63. The number of oxime groups is 1. The van der Waals surface area contributed by atoms with Crippen LogP contribution in [-0.4, -0.2) is 26.9 Å². The van der Waals surface area contributed by atoms with E-state index in [9.17, 15) is 15.1 Å². The minimum absolute atomic E-state index is 0.0101. The molecular formula is C25H30ClN3O3S. The number of aryl methyl sites for hydroxylation is 2. The van der Waals surface area contributed by atoms with Gasteiger partial charge in [0.2, 0.25) is 5.91 Å². The average molecular weight is 488 g/mol. The fourth-order valence-corrected chi connectivity index (χ4v) is 7.85. The van der Waals surface area contributed by atoms with Crippen LogP contribution in [0.25, 0.3) is 0 Å². The first-order valence-electron chi connectivity index (χ1n) is 11.7. The topological polar surface area (TPSA) is 94.8 Å². The molecule has 1 amide bonds. The van der Waals surface area contributed by atoms with Crippen LogP contribution < -0.4 is 5.32 Å². The molecule has 5 atom stereocenters. The van der Waals surface area contributed by atoms with Crippen molar-refractivity contribution >= 4 is 39.7 Å². The van der Waals surface area contributed by atoms with E-state index in [4.69, 9.17) is 11.6 Å². The summed E-state index contributed by atoms with van der Waals surface area (Å²) < 4.78 is 0. The second-order valence-electron chi connectivity index (χ2n) is 10.2. The zero-order valence-electron chi connectivity index (χ0n) is 19.0. The number of rotatable bonds is 4. The number of phenolic OH excluding ortho intramolecular Hbond substituents is 1. The summed E-state index contributed by atoms with van der Waals surface area (Å²) in [6, 6.07) is 3.79. The summed E-state index contributed by atoms with van der Waals surface area (Å²) in [5.74, 6) is 1.64. The SMILES string of the molecule is Cc1cnc(NC(=O)CC[C@@H]2C/C(=N\O)[C@@]3(C)CCC4c5cc(Cl)c(O)cc5CCC4C23)s1. The molecule has 2 aromatic rings. The van der Waals surface area contributed by atoms with Crippen molar-refractivity contribution in [2.24, 2.45) is 28.3 Å². The molecule has 3 aliphatic rings. The van der Waals surface area contributed by atoms with Crippen molar-refractivity contribution in [1.29, 1.82) is 0 Å². The number of phenols is 1. The summed E-state index contributed by atoms with van der Waals surface area (Å²) in [6.45, 7) is 4.22. The molecule has 0 bridgehead atoms. The number of nitrogens with zero attached hydrogens (tertiary/aromatic N) is 2. The molecule has 3 aliphatic carbocycles. The molecule has 1 aromatic heterocycles. The van der Waals surface area contributed by atoms with E-state index in [0.29, 0.717) is 40.2 Å². The van der Waals surface area contributed by atoms with Crippen LogP contribution in [0.2, 0.25) is 5.02 Å². The number of halogens is 1. The van der Waals surface area contributed by atoms with Gasteiger partial charge in [-0.05, 0) is 92.4 Å². The van der Waals surface area contributed by atoms with Crippen molar-refractivity contribution in [2.45, 2.75) is 64.7 Å². The molecule has 2 fully saturated rings. The number of aromatic nitrogens is 1. The second-order valence-corrected chi connectivity index (χ2v) is 11.8. The number of fused-ring (bicyclic) bond motifs is 5. The number of carbonyl (C=O) groups excluding carboxylic acids is 1. The molecule has 6 nitrogen and oxygen atoms in total. The number of anilines is 1. The normalized spacial score (nSPS) is 31.7. The predicted octanol–water partition coefficient (Wildman–Crippen LogP) is 6.14. The molecular weight excluding hydrogens is 458 g/mol. The Bertz CT molecular complexity index is 1120. The van der Waals surface area contributed by atoms with Crippen molar-refractivity contribution in [3.63, 3.8) is 0 Å². The van der Waals surface area contributed by atoms with Gasteiger partial charge < -0.3 is 15.6 Å². The third-order valence-corrected chi connectivity index (χ3v) is 9.53. The maximum absolute atomic E-state index is 12.6. The van der Waals surface area contributed by atoms with Crippen LogP contribution in [0, 0.1) is 30.1 Å². The van der Waals surface area contributed by atoms with Crippen LogP contribution >= 0.6 is 22.9 Å². The molecule has 0 saturated heterocycles. The Morgan fingerprint density at radius 2 is 2.21 bits per heavy atom. The van der Waals surface area contributed by atoms with Gasteiger partial charge in [-0.15, -0.1) is 11.3 Å². The number of amides is 1. The third kappa shape index (κ3) is 3.93. The molecule has 0 radical (unpaired) electrons. The van der Waals surface area contributed by atoms with Crippen LogP contribution in [0.1, 0.15) is 67.4 Å². The van der Waals surface area contributed by atoms with Crippen LogP contribution in [0.15, 0.2) is 23.5 Å². The lowest BCUT2D eigenvalue weighted by atomic mass is 9.54. The molecule has 3 N–H and O–H groups in total. The van der Waals surface area contributed by atoms with E-state index in [2.05, 4.69) is 22.4 Å². The Hall–Kier alpha value is -2.12. The zero-order chi connectivity index (χ0) is 23.3. The van der Waals surface area contributed by atoms with Gasteiger partial charge in [-0.1, -0.05) is 23.7 Å². The molecule has 33 heavy (non-hydrogen) atoms. The zero-order valence-corrected chi connectivity index (χ0v) is 20.5. The van der Waals surface area contributed by atoms with Gasteiger partial charge in [0.1, 0.15) is 5.75 Å². The fourth-order valence-electron chi connectivity index (χ4n) is 6.99. The number of benzene rings is 1. The van der Waals surface area contributed by atoms with E-state index in [1.807, 2.05) is 19.1 Å². The summed E-state index contributed by atoms with van der Waals surface area (Å²) >= 11 is 7.77. The molecule has 8 heteroatoms. The molecule has 0 aliphatic heterocycles. The molecule has 1 heterocycles. The van der Waals surface area contributed by atoms with Crippen LogP contribution in [0.3, 0.4) is 0 Å². The Morgan fingerprint density at radius 1 is 1.39 bits per heavy atom. The smallest absolute Gasteiger partial charge is 0.226 e. The first-order chi connectivity index (χ1) is 15.8. The summed E-state index contributed by atoms with van der Waals surface area (Å²) in [5, 5.41) is 27.7. The highest BCUT2D eigenvalue weighted by Crippen LogP contribution is 2.62. The van der Waals surface area contributed by atoms with E-state index in [1.54, 1.807) is 6.20 Å². The Labute approximate surface area is 203 Å². The van der Waals surface area contributed by atoms with Crippen molar-refractivity contribution in [3.8, 4) is 5.75 Å². The van der Waals surface area contributed by atoms with Crippen molar-refractivity contribution < 1.29 is 15.1 Å². The summed E-state index contributed by atoms with van der Waals surface area (Å²) in [4.78, 5) is 17.9. The summed E-state index contributed by atoms with van der Waals surface area (Å²) in [5.41, 5.74) is 3.22. The minimum Gasteiger partial charge on any atom is -0.506 e. The van der Waals surface area contributed by atoms with Crippen LogP contribution in [0.4, 0.5) is 5.13 Å². The Kier molecular flexibility index (Phi) is 5.90. The maximum Gasteiger partial charge on any atom is 0.226 e. The lowest BCUT2D eigenvalue weighted by molar-refractivity contribution is -0.116. The number of carbonyl (C=O) groups is 1. The maximum atomic E-state index is 12.6.